The Balaban J connectivity index is 2.10. The Labute approximate surface area is 96.8 Å². The molecule has 2 unspecified atom stereocenters. The SMILES string of the molecule is CC(N)C(=O)N1CC(CO)C2(CCCC2)C1. The van der Waals surface area contributed by atoms with Gasteiger partial charge in [-0.25, -0.2) is 0 Å². The third-order valence-electron chi connectivity index (χ3n) is 4.33. The molecule has 0 bridgehead atoms. The first-order valence-corrected chi connectivity index (χ1v) is 6.24. The molecule has 1 aliphatic heterocycles. The smallest absolute Gasteiger partial charge is 0.239 e. The summed E-state index contributed by atoms with van der Waals surface area (Å²) in [5, 5.41) is 9.46. The number of amides is 1. The van der Waals surface area contributed by atoms with E-state index in [-0.39, 0.29) is 23.8 Å². The topological polar surface area (TPSA) is 66.6 Å². The van der Waals surface area contributed by atoms with E-state index >= 15 is 0 Å². The van der Waals surface area contributed by atoms with Crippen LogP contribution in [-0.4, -0.2) is 41.7 Å². The third kappa shape index (κ3) is 1.84. The van der Waals surface area contributed by atoms with E-state index in [2.05, 4.69) is 0 Å². The Hall–Kier alpha value is -0.610. The van der Waals surface area contributed by atoms with E-state index in [1.54, 1.807) is 6.92 Å². The highest BCUT2D eigenvalue weighted by atomic mass is 16.3. The van der Waals surface area contributed by atoms with Crippen molar-refractivity contribution in [2.75, 3.05) is 19.7 Å². The van der Waals surface area contributed by atoms with Crippen molar-refractivity contribution in [2.24, 2.45) is 17.1 Å². The van der Waals surface area contributed by atoms with Crippen LogP contribution < -0.4 is 5.73 Å². The second-order valence-electron chi connectivity index (χ2n) is 5.46. The lowest BCUT2D eigenvalue weighted by Gasteiger charge is -2.28. The van der Waals surface area contributed by atoms with Gasteiger partial charge < -0.3 is 15.7 Å². The molecule has 1 amide bonds. The van der Waals surface area contributed by atoms with Crippen LogP contribution in [0, 0.1) is 11.3 Å². The molecular weight excluding hydrogens is 204 g/mol. The molecule has 0 aromatic carbocycles. The van der Waals surface area contributed by atoms with E-state index in [1.807, 2.05) is 4.90 Å². The summed E-state index contributed by atoms with van der Waals surface area (Å²) in [5.41, 5.74) is 5.83. The van der Waals surface area contributed by atoms with Crippen molar-refractivity contribution in [3.05, 3.63) is 0 Å². The number of aliphatic hydroxyl groups is 1. The third-order valence-corrected chi connectivity index (χ3v) is 4.33. The minimum Gasteiger partial charge on any atom is -0.396 e. The molecule has 1 heterocycles. The van der Waals surface area contributed by atoms with Gasteiger partial charge in [0.05, 0.1) is 6.04 Å². The van der Waals surface area contributed by atoms with Crippen LogP contribution in [0.15, 0.2) is 0 Å². The zero-order valence-corrected chi connectivity index (χ0v) is 9.98. The van der Waals surface area contributed by atoms with Crippen molar-refractivity contribution < 1.29 is 9.90 Å². The number of carbonyl (C=O) groups excluding carboxylic acids is 1. The van der Waals surface area contributed by atoms with Crippen LogP contribution >= 0.6 is 0 Å². The first-order chi connectivity index (χ1) is 7.59. The van der Waals surface area contributed by atoms with Crippen LogP contribution in [0.4, 0.5) is 0 Å². The molecule has 2 aliphatic rings. The molecule has 2 fully saturated rings. The summed E-state index contributed by atoms with van der Waals surface area (Å²) in [6.45, 7) is 3.42. The molecule has 2 rings (SSSR count). The summed E-state index contributed by atoms with van der Waals surface area (Å²) < 4.78 is 0. The minimum absolute atomic E-state index is 0.0298. The second kappa shape index (κ2) is 4.34. The molecule has 0 aromatic heterocycles. The van der Waals surface area contributed by atoms with Crippen molar-refractivity contribution in [1.82, 2.24) is 4.90 Å². The Morgan fingerprint density at radius 1 is 1.56 bits per heavy atom. The fraction of sp³-hybridized carbons (Fsp3) is 0.917. The van der Waals surface area contributed by atoms with Gasteiger partial charge in [0, 0.05) is 25.6 Å². The first-order valence-electron chi connectivity index (χ1n) is 6.24. The van der Waals surface area contributed by atoms with Crippen LogP contribution in [0.2, 0.25) is 0 Å². The number of likely N-dealkylation sites (tertiary alicyclic amines) is 1. The molecule has 4 nitrogen and oxygen atoms in total. The molecule has 3 N–H and O–H groups in total. The van der Waals surface area contributed by atoms with Crippen molar-refractivity contribution >= 4 is 5.91 Å². The van der Waals surface area contributed by atoms with Crippen molar-refractivity contribution in [2.45, 2.75) is 38.6 Å². The first kappa shape index (κ1) is 11.9. The van der Waals surface area contributed by atoms with Crippen molar-refractivity contribution in [3.8, 4) is 0 Å². The van der Waals surface area contributed by atoms with Crippen LogP contribution in [0.3, 0.4) is 0 Å². The maximum atomic E-state index is 11.9. The van der Waals surface area contributed by atoms with Gasteiger partial charge in [-0.2, -0.15) is 0 Å². The maximum Gasteiger partial charge on any atom is 0.239 e. The van der Waals surface area contributed by atoms with Gasteiger partial charge >= 0.3 is 0 Å². The molecule has 0 aromatic rings. The zero-order chi connectivity index (χ0) is 11.8. The fourth-order valence-electron chi connectivity index (χ4n) is 3.39. The number of rotatable bonds is 2. The average Bonchev–Trinajstić information content (AvgIpc) is 2.86. The van der Waals surface area contributed by atoms with E-state index in [1.165, 1.54) is 12.8 Å². The Bertz CT molecular complexity index is 272. The molecule has 1 saturated heterocycles. The number of carbonyl (C=O) groups is 1. The highest BCUT2D eigenvalue weighted by Crippen LogP contribution is 2.48. The fourth-order valence-corrected chi connectivity index (χ4v) is 3.39. The standard InChI is InChI=1S/C12H22N2O2/c1-9(13)11(16)14-6-10(7-15)12(8-14)4-2-3-5-12/h9-10,15H,2-8,13H2,1H3. The number of nitrogens with zero attached hydrogens (tertiary/aromatic N) is 1. The highest BCUT2D eigenvalue weighted by Gasteiger charge is 2.48. The van der Waals surface area contributed by atoms with Gasteiger partial charge in [0.25, 0.3) is 0 Å². The van der Waals surface area contributed by atoms with Gasteiger partial charge in [0.1, 0.15) is 0 Å². The molecule has 92 valence electrons. The second-order valence-corrected chi connectivity index (χ2v) is 5.46. The lowest BCUT2D eigenvalue weighted by atomic mass is 9.77. The molecular formula is C12H22N2O2. The average molecular weight is 226 g/mol. The van der Waals surface area contributed by atoms with E-state index in [9.17, 15) is 9.90 Å². The number of hydrogen-bond donors (Lipinski definition) is 2. The summed E-state index contributed by atoms with van der Waals surface area (Å²) in [6, 6.07) is -0.420. The van der Waals surface area contributed by atoms with Gasteiger partial charge in [0.15, 0.2) is 0 Å². The van der Waals surface area contributed by atoms with Crippen molar-refractivity contribution in [3.63, 3.8) is 0 Å². The Morgan fingerprint density at radius 2 is 2.19 bits per heavy atom. The number of aliphatic hydroxyl groups excluding tert-OH is 1. The van der Waals surface area contributed by atoms with E-state index in [0.717, 1.165) is 19.4 Å². The Morgan fingerprint density at radius 3 is 2.69 bits per heavy atom. The zero-order valence-electron chi connectivity index (χ0n) is 9.98. The summed E-state index contributed by atoms with van der Waals surface area (Å²) >= 11 is 0. The molecule has 0 radical (unpaired) electrons. The van der Waals surface area contributed by atoms with Gasteiger partial charge in [-0.15, -0.1) is 0 Å². The number of nitrogens with two attached hydrogens (primary N) is 1. The predicted octanol–water partition coefficient (Wildman–Crippen LogP) is 0.345. The largest absolute Gasteiger partial charge is 0.396 e. The summed E-state index contributed by atoms with van der Waals surface area (Å²) in [5.74, 6) is 0.292. The normalized spacial score (nSPS) is 29.9. The van der Waals surface area contributed by atoms with Crippen LogP contribution in [-0.2, 0) is 4.79 Å². The molecule has 1 spiro atoms. The lowest BCUT2D eigenvalue weighted by Crippen LogP contribution is -2.41. The van der Waals surface area contributed by atoms with Crippen molar-refractivity contribution in [1.29, 1.82) is 0 Å². The summed E-state index contributed by atoms with van der Waals surface area (Å²) in [6.07, 6.45) is 4.77. The Kier molecular flexibility index (Phi) is 3.22. The number of hydrogen-bond acceptors (Lipinski definition) is 3. The van der Waals surface area contributed by atoms with E-state index in [0.29, 0.717) is 6.54 Å². The predicted molar refractivity (Wildman–Crippen MR) is 61.7 cm³/mol. The minimum atomic E-state index is -0.420. The monoisotopic (exact) mass is 226 g/mol. The molecule has 4 heteroatoms. The quantitative estimate of drug-likeness (QED) is 0.714. The van der Waals surface area contributed by atoms with Gasteiger partial charge in [-0.3, -0.25) is 4.79 Å². The molecule has 1 saturated carbocycles. The lowest BCUT2D eigenvalue weighted by molar-refractivity contribution is -0.131. The van der Waals surface area contributed by atoms with Gasteiger partial charge in [-0.1, -0.05) is 12.8 Å². The molecule has 1 aliphatic carbocycles. The van der Waals surface area contributed by atoms with Gasteiger partial charge in [0.2, 0.25) is 5.91 Å². The van der Waals surface area contributed by atoms with E-state index < -0.39 is 6.04 Å². The molecule has 16 heavy (non-hydrogen) atoms. The maximum absolute atomic E-state index is 11.9. The highest BCUT2D eigenvalue weighted by molar-refractivity contribution is 5.81. The van der Waals surface area contributed by atoms with Gasteiger partial charge in [-0.05, 0) is 25.2 Å². The van der Waals surface area contributed by atoms with Crippen LogP contribution in [0.25, 0.3) is 0 Å². The van der Waals surface area contributed by atoms with Crippen LogP contribution in [0.5, 0.6) is 0 Å². The van der Waals surface area contributed by atoms with Crippen LogP contribution in [0.1, 0.15) is 32.6 Å². The summed E-state index contributed by atoms with van der Waals surface area (Å²) in [7, 11) is 0. The summed E-state index contributed by atoms with van der Waals surface area (Å²) in [4.78, 5) is 13.7. The van der Waals surface area contributed by atoms with E-state index in [4.69, 9.17) is 5.73 Å². The molecule has 2 atom stereocenters.